The van der Waals surface area contributed by atoms with Gasteiger partial charge < -0.3 is 5.11 Å². The van der Waals surface area contributed by atoms with Crippen LogP contribution < -0.4 is 4.72 Å². The largest absolute Gasteiger partial charge is 0.481 e. The van der Waals surface area contributed by atoms with E-state index in [1.807, 2.05) is 0 Å². The highest BCUT2D eigenvalue weighted by atomic mass is 32.2. The van der Waals surface area contributed by atoms with Gasteiger partial charge >= 0.3 is 12.1 Å². The van der Waals surface area contributed by atoms with Crippen LogP contribution in [0, 0.1) is 11.7 Å². The summed E-state index contributed by atoms with van der Waals surface area (Å²) in [6.45, 7) is 0. The molecule has 1 aliphatic rings. The minimum Gasteiger partial charge on any atom is -0.481 e. The van der Waals surface area contributed by atoms with Crippen LogP contribution in [-0.2, 0) is 21.0 Å². The van der Waals surface area contributed by atoms with E-state index in [4.69, 9.17) is 5.11 Å². The summed E-state index contributed by atoms with van der Waals surface area (Å²) in [5.41, 5.74) is -1.57. The normalized spacial score (nSPS) is 22.3. The zero-order valence-corrected chi connectivity index (χ0v) is 13.1. The molecule has 1 aromatic rings. The Morgan fingerprint density at radius 2 is 1.75 bits per heavy atom. The molecule has 24 heavy (non-hydrogen) atoms. The fraction of sp³-hybridized carbons (Fsp3) is 0.500. The number of carboxylic acid groups (broad SMARTS) is 1. The third-order valence-corrected chi connectivity index (χ3v) is 5.51. The van der Waals surface area contributed by atoms with E-state index in [1.165, 1.54) is 0 Å². The molecule has 10 heteroatoms. The summed E-state index contributed by atoms with van der Waals surface area (Å²) >= 11 is 0. The van der Waals surface area contributed by atoms with Crippen LogP contribution in [0.3, 0.4) is 0 Å². The van der Waals surface area contributed by atoms with Crippen molar-refractivity contribution in [1.29, 1.82) is 0 Å². The van der Waals surface area contributed by atoms with Crippen molar-refractivity contribution in [3.8, 4) is 0 Å². The van der Waals surface area contributed by atoms with Gasteiger partial charge in [0.1, 0.15) is 5.82 Å². The first-order valence-electron chi connectivity index (χ1n) is 7.12. The minimum atomic E-state index is -5.02. The van der Waals surface area contributed by atoms with Crippen molar-refractivity contribution in [2.24, 2.45) is 5.92 Å². The second kappa shape index (κ2) is 6.67. The van der Waals surface area contributed by atoms with Crippen molar-refractivity contribution < 1.29 is 35.9 Å². The molecule has 0 amide bonds. The predicted molar refractivity (Wildman–Crippen MR) is 75.1 cm³/mol. The number of hydrogen-bond acceptors (Lipinski definition) is 3. The van der Waals surface area contributed by atoms with Crippen molar-refractivity contribution in [1.82, 2.24) is 4.72 Å². The van der Waals surface area contributed by atoms with Crippen LogP contribution in [0.25, 0.3) is 0 Å². The van der Waals surface area contributed by atoms with E-state index in [2.05, 4.69) is 4.72 Å². The first-order chi connectivity index (χ1) is 11.0. The number of benzene rings is 1. The highest BCUT2D eigenvalue weighted by Crippen LogP contribution is 2.35. The topological polar surface area (TPSA) is 83.5 Å². The van der Waals surface area contributed by atoms with E-state index in [0.29, 0.717) is 12.1 Å². The van der Waals surface area contributed by atoms with Crippen LogP contribution in [0.2, 0.25) is 0 Å². The van der Waals surface area contributed by atoms with E-state index in [9.17, 15) is 30.8 Å². The number of sulfonamides is 1. The number of carbonyl (C=O) groups is 1. The molecular weight excluding hydrogens is 354 g/mol. The maximum atomic E-state index is 13.1. The molecule has 5 nitrogen and oxygen atoms in total. The van der Waals surface area contributed by atoms with Gasteiger partial charge in [-0.25, -0.2) is 17.5 Å². The first-order valence-corrected chi connectivity index (χ1v) is 8.61. The van der Waals surface area contributed by atoms with E-state index in [1.54, 1.807) is 0 Å². The first kappa shape index (κ1) is 18.7. The molecule has 1 saturated carbocycles. The van der Waals surface area contributed by atoms with Crippen molar-refractivity contribution >= 4 is 16.0 Å². The summed E-state index contributed by atoms with van der Waals surface area (Å²) in [7, 11) is -4.51. The molecular formula is C14H15F4NO4S. The Morgan fingerprint density at radius 1 is 1.17 bits per heavy atom. The van der Waals surface area contributed by atoms with Gasteiger partial charge in [0.15, 0.2) is 0 Å². The third-order valence-electron chi connectivity index (χ3n) is 3.93. The molecule has 2 N–H and O–H groups in total. The molecule has 1 aliphatic carbocycles. The zero-order chi connectivity index (χ0) is 18.1. The number of hydrogen-bond donors (Lipinski definition) is 2. The fourth-order valence-electron chi connectivity index (χ4n) is 2.70. The monoisotopic (exact) mass is 369 g/mol. The number of halogens is 4. The van der Waals surface area contributed by atoms with Gasteiger partial charge in [0.25, 0.3) is 0 Å². The summed E-state index contributed by atoms with van der Waals surface area (Å²) in [6, 6.07) is 0.696. The van der Waals surface area contributed by atoms with Gasteiger partial charge in [-0.3, -0.25) is 4.79 Å². The molecule has 0 radical (unpaired) electrons. The summed E-state index contributed by atoms with van der Waals surface area (Å²) in [6.07, 6.45) is -4.14. The second-order valence-corrected chi connectivity index (χ2v) is 7.33. The third kappa shape index (κ3) is 4.23. The summed E-state index contributed by atoms with van der Waals surface area (Å²) in [5, 5.41) is 8.89. The number of rotatable bonds is 4. The summed E-state index contributed by atoms with van der Waals surface area (Å²) in [5.74, 6) is -2.75. The lowest BCUT2D eigenvalue weighted by Crippen LogP contribution is -2.39. The quantitative estimate of drug-likeness (QED) is 0.800. The Kier molecular flexibility index (Phi) is 5.19. The molecule has 0 heterocycles. The van der Waals surface area contributed by atoms with Gasteiger partial charge in [-0.05, 0) is 43.9 Å². The Balaban J connectivity index is 2.22. The molecule has 0 aliphatic heterocycles. The van der Waals surface area contributed by atoms with E-state index in [0.717, 1.165) is 0 Å². The molecule has 0 unspecified atom stereocenters. The van der Waals surface area contributed by atoms with Gasteiger partial charge in [-0.2, -0.15) is 13.2 Å². The Morgan fingerprint density at radius 3 is 2.25 bits per heavy atom. The Labute approximate surface area is 135 Å². The molecule has 134 valence electrons. The molecule has 0 bridgehead atoms. The number of carboxylic acids is 1. The van der Waals surface area contributed by atoms with Crippen LogP contribution >= 0.6 is 0 Å². The summed E-state index contributed by atoms with van der Waals surface area (Å²) < 4.78 is 78.6. The zero-order valence-electron chi connectivity index (χ0n) is 12.3. The molecule has 1 fully saturated rings. The van der Waals surface area contributed by atoms with Crippen molar-refractivity contribution in [3.05, 3.63) is 29.6 Å². The molecule has 0 saturated heterocycles. The second-order valence-electron chi connectivity index (χ2n) is 5.65. The highest BCUT2D eigenvalue weighted by Gasteiger charge is 2.38. The van der Waals surface area contributed by atoms with E-state index >= 15 is 0 Å². The van der Waals surface area contributed by atoms with E-state index < -0.39 is 50.4 Å². The average Bonchev–Trinajstić information content (AvgIpc) is 2.46. The number of nitrogens with one attached hydrogen (secondary N) is 1. The highest BCUT2D eigenvalue weighted by molar-refractivity contribution is 7.89. The van der Waals surface area contributed by atoms with Gasteiger partial charge in [0, 0.05) is 6.04 Å². The lowest BCUT2D eigenvalue weighted by molar-refractivity contribution is -0.143. The molecule has 0 aromatic heterocycles. The molecule has 0 atom stereocenters. The lowest BCUT2D eigenvalue weighted by Gasteiger charge is -2.27. The van der Waals surface area contributed by atoms with Gasteiger partial charge in [0.2, 0.25) is 10.0 Å². The minimum absolute atomic E-state index is 0.135. The predicted octanol–water partition coefficient (Wildman–Crippen LogP) is 2.77. The average molecular weight is 369 g/mol. The molecule has 1 aromatic carbocycles. The van der Waals surface area contributed by atoms with Crippen molar-refractivity contribution in [3.63, 3.8) is 0 Å². The molecule has 0 spiro atoms. The maximum Gasteiger partial charge on any atom is 0.417 e. The van der Waals surface area contributed by atoms with Crippen LogP contribution in [0.1, 0.15) is 31.2 Å². The fourth-order valence-corrected chi connectivity index (χ4v) is 4.21. The standard InChI is InChI=1S/C14H15F4NO4S/c15-9-3-6-12(11(7-9)14(16,17)18)24(22,23)19-10-4-1-8(2-5-10)13(20)21/h3,6-8,10,19H,1-2,4-5H2,(H,20,21). The van der Waals surface area contributed by atoms with Crippen LogP contribution in [-0.4, -0.2) is 25.5 Å². The Hall–Kier alpha value is -1.68. The van der Waals surface area contributed by atoms with Crippen LogP contribution in [0.15, 0.2) is 23.1 Å². The summed E-state index contributed by atoms with van der Waals surface area (Å²) in [4.78, 5) is 9.81. The molecule has 2 rings (SSSR count). The maximum absolute atomic E-state index is 13.1. The number of alkyl halides is 3. The van der Waals surface area contributed by atoms with Gasteiger partial charge in [0.05, 0.1) is 16.4 Å². The van der Waals surface area contributed by atoms with Crippen LogP contribution in [0.5, 0.6) is 0 Å². The number of aliphatic carboxylic acids is 1. The smallest absolute Gasteiger partial charge is 0.417 e. The lowest BCUT2D eigenvalue weighted by atomic mass is 9.87. The SMILES string of the molecule is O=C(O)C1CCC(NS(=O)(=O)c2ccc(F)cc2C(F)(F)F)CC1. The van der Waals surface area contributed by atoms with E-state index in [-0.39, 0.29) is 31.7 Å². The van der Waals surface area contributed by atoms with Crippen LogP contribution in [0.4, 0.5) is 17.6 Å². The Bertz CT molecular complexity index is 725. The van der Waals surface area contributed by atoms with Crippen molar-refractivity contribution in [2.45, 2.75) is 42.8 Å². The van der Waals surface area contributed by atoms with Gasteiger partial charge in [-0.15, -0.1) is 0 Å². The van der Waals surface area contributed by atoms with Crippen molar-refractivity contribution in [2.75, 3.05) is 0 Å². The van der Waals surface area contributed by atoms with Gasteiger partial charge in [-0.1, -0.05) is 0 Å².